The predicted molar refractivity (Wildman–Crippen MR) is 64.6 cm³/mol. The third-order valence-electron chi connectivity index (χ3n) is 2.38. The lowest BCUT2D eigenvalue weighted by molar-refractivity contribution is 0.393. The summed E-state index contributed by atoms with van der Waals surface area (Å²) in [5.41, 5.74) is 1.17. The van der Waals surface area contributed by atoms with Crippen molar-refractivity contribution in [3.05, 3.63) is 29.8 Å². The summed E-state index contributed by atoms with van der Waals surface area (Å²) in [7, 11) is 3.36. The largest absolute Gasteiger partial charge is 0.497 e. The van der Waals surface area contributed by atoms with Crippen molar-refractivity contribution in [3.63, 3.8) is 0 Å². The number of ether oxygens (including phenoxy) is 2. The van der Waals surface area contributed by atoms with Gasteiger partial charge in [0.15, 0.2) is 0 Å². The van der Waals surface area contributed by atoms with Crippen LogP contribution in [-0.2, 0) is 0 Å². The molecule has 1 aliphatic heterocycles. The molecule has 0 radical (unpaired) electrons. The van der Waals surface area contributed by atoms with Crippen LogP contribution in [0.1, 0.15) is 12.0 Å². The normalized spacial score (nSPS) is 14.9. The summed E-state index contributed by atoms with van der Waals surface area (Å²) >= 11 is 1.88. The van der Waals surface area contributed by atoms with Crippen LogP contribution in [0, 0.1) is 0 Å². The second kappa shape index (κ2) is 4.62. The molecule has 0 atom stereocenters. The van der Waals surface area contributed by atoms with Gasteiger partial charge in [-0.2, -0.15) is 0 Å². The van der Waals surface area contributed by atoms with Gasteiger partial charge in [-0.1, -0.05) is 6.08 Å². The lowest BCUT2D eigenvalue weighted by Crippen LogP contribution is -1.91. The molecule has 0 amide bonds. The molecule has 2 nitrogen and oxygen atoms in total. The number of rotatable bonds is 3. The van der Waals surface area contributed by atoms with Gasteiger partial charge in [0.05, 0.1) is 14.2 Å². The summed E-state index contributed by atoms with van der Waals surface area (Å²) in [4.78, 5) is 1.31. The first kappa shape index (κ1) is 10.4. The van der Waals surface area contributed by atoms with Gasteiger partial charge < -0.3 is 9.47 Å². The van der Waals surface area contributed by atoms with E-state index in [4.69, 9.17) is 9.47 Å². The Balaban J connectivity index is 2.38. The third kappa shape index (κ3) is 2.12. The molecule has 0 saturated heterocycles. The molecular weight excluding hydrogens is 208 g/mol. The second-order valence-electron chi connectivity index (χ2n) is 3.27. The van der Waals surface area contributed by atoms with Gasteiger partial charge in [0, 0.05) is 22.3 Å². The Bertz CT molecular complexity index is 385. The molecule has 1 aromatic rings. The van der Waals surface area contributed by atoms with Gasteiger partial charge in [-0.05, 0) is 18.6 Å². The van der Waals surface area contributed by atoms with Crippen LogP contribution in [0.25, 0.3) is 4.91 Å². The van der Waals surface area contributed by atoms with Crippen molar-refractivity contribution in [1.29, 1.82) is 0 Å². The van der Waals surface area contributed by atoms with Gasteiger partial charge >= 0.3 is 0 Å². The highest BCUT2D eigenvalue weighted by atomic mass is 32.2. The molecule has 1 aliphatic rings. The fraction of sp³-hybridized carbons (Fsp3) is 0.333. The van der Waals surface area contributed by atoms with Gasteiger partial charge in [-0.3, -0.25) is 0 Å². The number of hydrogen-bond acceptors (Lipinski definition) is 3. The maximum atomic E-state index is 5.37. The molecule has 80 valence electrons. The third-order valence-corrected chi connectivity index (χ3v) is 3.52. The van der Waals surface area contributed by atoms with Gasteiger partial charge in [-0.25, -0.2) is 0 Å². The Hall–Kier alpha value is -1.09. The molecule has 0 N–H and O–H groups in total. The summed E-state index contributed by atoms with van der Waals surface area (Å²) in [5.74, 6) is 2.89. The summed E-state index contributed by atoms with van der Waals surface area (Å²) < 4.78 is 10.5. The first-order chi connectivity index (χ1) is 7.35. The maximum absolute atomic E-state index is 5.37. The van der Waals surface area contributed by atoms with Crippen LogP contribution in [0.4, 0.5) is 0 Å². The molecule has 3 heteroatoms. The van der Waals surface area contributed by atoms with Crippen molar-refractivity contribution in [2.75, 3.05) is 20.0 Å². The van der Waals surface area contributed by atoms with Crippen molar-refractivity contribution in [2.45, 2.75) is 6.42 Å². The van der Waals surface area contributed by atoms with E-state index in [0.29, 0.717) is 0 Å². The highest BCUT2D eigenvalue weighted by Gasteiger charge is 2.13. The summed E-state index contributed by atoms with van der Waals surface area (Å²) in [6, 6.07) is 5.95. The molecule has 0 spiro atoms. The molecule has 0 saturated carbocycles. The zero-order chi connectivity index (χ0) is 10.7. The molecule has 0 aromatic heterocycles. The Morgan fingerprint density at radius 3 is 2.67 bits per heavy atom. The fourth-order valence-electron chi connectivity index (χ4n) is 1.61. The van der Waals surface area contributed by atoms with Crippen LogP contribution in [0.5, 0.6) is 11.5 Å². The average molecular weight is 222 g/mol. The Labute approximate surface area is 94.3 Å². The van der Waals surface area contributed by atoms with Crippen LogP contribution in [-0.4, -0.2) is 20.0 Å². The molecule has 1 aromatic carbocycles. The van der Waals surface area contributed by atoms with Crippen LogP contribution < -0.4 is 9.47 Å². The van der Waals surface area contributed by atoms with Crippen LogP contribution in [0.3, 0.4) is 0 Å². The highest BCUT2D eigenvalue weighted by molar-refractivity contribution is 8.08. The molecule has 1 heterocycles. The van der Waals surface area contributed by atoms with Crippen molar-refractivity contribution >= 4 is 16.7 Å². The lowest BCUT2D eigenvalue weighted by Gasteiger charge is -2.10. The van der Waals surface area contributed by atoms with E-state index >= 15 is 0 Å². The summed E-state index contributed by atoms with van der Waals surface area (Å²) in [6.45, 7) is 0. The first-order valence-electron chi connectivity index (χ1n) is 4.90. The molecule has 0 unspecified atom stereocenters. The van der Waals surface area contributed by atoms with E-state index in [1.807, 2.05) is 23.9 Å². The first-order valence-corrected chi connectivity index (χ1v) is 5.89. The standard InChI is InChI=1S/C12H14O2S/c1-13-9-5-6-10(11(8-9)14-2)12-4-3-7-15-12/h4-6,8H,3,7H2,1-2H3. The van der Waals surface area contributed by atoms with Gasteiger partial charge in [0.2, 0.25) is 0 Å². The molecule has 15 heavy (non-hydrogen) atoms. The average Bonchev–Trinajstić information content (AvgIpc) is 2.81. The molecule has 2 rings (SSSR count). The van der Waals surface area contributed by atoms with Gasteiger partial charge in [0.25, 0.3) is 0 Å². The van der Waals surface area contributed by atoms with Crippen molar-refractivity contribution in [3.8, 4) is 11.5 Å². The predicted octanol–water partition coefficient (Wildman–Crippen LogP) is 3.18. The number of hydrogen-bond donors (Lipinski definition) is 0. The molecule has 0 fully saturated rings. The van der Waals surface area contributed by atoms with E-state index in [1.54, 1.807) is 14.2 Å². The Morgan fingerprint density at radius 1 is 1.20 bits per heavy atom. The quantitative estimate of drug-likeness (QED) is 0.782. The van der Waals surface area contributed by atoms with Crippen LogP contribution in [0.15, 0.2) is 24.3 Å². The summed E-state index contributed by atoms with van der Waals surface area (Å²) in [6.07, 6.45) is 3.41. The molecule has 0 aliphatic carbocycles. The van der Waals surface area contributed by atoms with E-state index < -0.39 is 0 Å². The molecular formula is C12H14O2S. The Morgan fingerprint density at radius 2 is 2.07 bits per heavy atom. The van der Waals surface area contributed by atoms with Gasteiger partial charge in [-0.15, -0.1) is 11.8 Å². The number of benzene rings is 1. The maximum Gasteiger partial charge on any atom is 0.130 e. The number of allylic oxidation sites excluding steroid dienone is 1. The number of thioether (sulfide) groups is 1. The smallest absolute Gasteiger partial charge is 0.130 e. The van der Waals surface area contributed by atoms with E-state index in [0.717, 1.165) is 17.9 Å². The van der Waals surface area contributed by atoms with Crippen molar-refractivity contribution < 1.29 is 9.47 Å². The van der Waals surface area contributed by atoms with E-state index in [-0.39, 0.29) is 0 Å². The van der Waals surface area contributed by atoms with Crippen molar-refractivity contribution in [1.82, 2.24) is 0 Å². The highest BCUT2D eigenvalue weighted by Crippen LogP contribution is 2.39. The Kier molecular flexibility index (Phi) is 3.21. The SMILES string of the molecule is COc1ccc(C2=CCCS2)c(OC)c1. The van der Waals surface area contributed by atoms with Gasteiger partial charge in [0.1, 0.15) is 11.5 Å². The van der Waals surface area contributed by atoms with Crippen LogP contribution in [0.2, 0.25) is 0 Å². The number of methoxy groups -OCH3 is 2. The minimum atomic E-state index is 0.833. The minimum absolute atomic E-state index is 0.833. The monoisotopic (exact) mass is 222 g/mol. The fourth-order valence-corrected chi connectivity index (χ4v) is 2.62. The van der Waals surface area contributed by atoms with Crippen molar-refractivity contribution in [2.24, 2.45) is 0 Å². The molecule has 0 bridgehead atoms. The zero-order valence-electron chi connectivity index (χ0n) is 8.95. The zero-order valence-corrected chi connectivity index (χ0v) is 9.76. The second-order valence-corrected chi connectivity index (χ2v) is 4.41. The van der Waals surface area contributed by atoms with E-state index in [2.05, 4.69) is 12.1 Å². The summed E-state index contributed by atoms with van der Waals surface area (Å²) in [5, 5.41) is 0. The van der Waals surface area contributed by atoms with E-state index in [9.17, 15) is 0 Å². The van der Waals surface area contributed by atoms with E-state index in [1.165, 1.54) is 16.2 Å². The topological polar surface area (TPSA) is 18.5 Å². The minimum Gasteiger partial charge on any atom is -0.497 e. The van der Waals surface area contributed by atoms with Crippen LogP contribution >= 0.6 is 11.8 Å². The lowest BCUT2D eigenvalue weighted by atomic mass is 10.1.